The third-order valence-electron chi connectivity index (χ3n) is 5.58. The van der Waals surface area contributed by atoms with Crippen LogP contribution in [0.2, 0.25) is 5.02 Å². The predicted molar refractivity (Wildman–Crippen MR) is 131 cm³/mol. The van der Waals surface area contributed by atoms with E-state index in [4.69, 9.17) is 21.3 Å². The number of benzene rings is 1. The van der Waals surface area contributed by atoms with Crippen molar-refractivity contribution in [2.24, 2.45) is 0 Å². The van der Waals surface area contributed by atoms with Gasteiger partial charge in [-0.2, -0.15) is 5.26 Å². The minimum Gasteiger partial charge on any atom is -0.372 e. The van der Waals surface area contributed by atoms with Crippen molar-refractivity contribution in [3.05, 3.63) is 74.0 Å². The molecule has 0 amide bonds. The molecule has 0 spiro atoms. The fourth-order valence-electron chi connectivity index (χ4n) is 4.06. The summed E-state index contributed by atoms with van der Waals surface area (Å²) in [5, 5.41) is 10.2. The Balaban J connectivity index is 1.97. The fraction of sp³-hybridized carbons (Fsp3) is 0.292. The first kappa shape index (κ1) is 24.0. The number of hydrogen-bond acceptors (Lipinski definition) is 7. The van der Waals surface area contributed by atoms with E-state index in [0.29, 0.717) is 29.6 Å². The van der Waals surface area contributed by atoms with Crippen molar-refractivity contribution in [3.8, 4) is 6.07 Å². The number of anilines is 1. The Morgan fingerprint density at radius 3 is 2.47 bits per heavy atom. The van der Waals surface area contributed by atoms with Crippen LogP contribution in [-0.4, -0.2) is 43.1 Å². The van der Waals surface area contributed by atoms with E-state index >= 15 is 0 Å². The number of aromatic nitrogens is 2. The van der Waals surface area contributed by atoms with Crippen LogP contribution in [-0.2, 0) is 14.6 Å². The number of ether oxygens (including phenoxy) is 1. The average molecular weight is 499 g/mol. The Morgan fingerprint density at radius 2 is 1.85 bits per heavy atom. The molecule has 1 fully saturated rings. The number of nitrogens with zero attached hydrogens (tertiary/aromatic N) is 4. The van der Waals surface area contributed by atoms with Gasteiger partial charge in [0.05, 0.1) is 22.7 Å². The molecule has 1 aliphatic heterocycles. The molecule has 1 aromatic carbocycles. The summed E-state index contributed by atoms with van der Waals surface area (Å²) in [7, 11) is -4.19. The zero-order valence-corrected chi connectivity index (χ0v) is 20.5. The SMILES string of the molecule is Cc1cccn2c(=O)c(/C=C(\C#N)S(=O)(=O)c3ccc(Cl)cc3)c(N3C[C@@H](C)O[C@@H](C)C3)nc12. The van der Waals surface area contributed by atoms with Crippen LogP contribution in [0.15, 0.2) is 57.2 Å². The second-order valence-electron chi connectivity index (χ2n) is 8.28. The highest BCUT2D eigenvalue weighted by molar-refractivity contribution is 7.95. The van der Waals surface area contributed by atoms with Gasteiger partial charge in [-0.3, -0.25) is 9.20 Å². The minimum atomic E-state index is -4.19. The molecule has 0 radical (unpaired) electrons. The smallest absolute Gasteiger partial charge is 0.267 e. The average Bonchev–Trinajstić information content (AvgIpc) is 2.78. The van der Waals surface area contributed by atoms with E-state index in [1.807, 2.05) is 31.7 Å². The summed E-state index contributed by atoms with van der Waals surface area (Å²) in [6.45, 7) is 6.61. The number of morpholine rings is 1. The van der Waals surface area contributed by atoms with Crippen LogP contribution in [0.5, 0.6) is 0 Å². The molecule has 2 aromatic heterocycles. The molecule has 8 nitrogen and oxygen atoms in total. The molecule has 3 heterocycles. The van der Waals surface area contributed by atoms with Crippen LogP contribution in [0.4, 0.5) is 5.82 Å². The number of pyridine rings is 1. The van der Waals surface area contributed by atoms with Gasteiger partial charge < -0.3 is 9.64 Å². The first-order valence-corrected chi connectivity index (χ1v) is 12.5. The highest BCUT2D eigenvalue weighted by atomic mass is 35.5. The highest BCUT2D eigenvalue weighted by Gasteiger charge is 2.28. The van der Waals surface area contributed by atoms with Crippen LogP contribution in [0.25, 0.3) is 11.7 Å². The van der Waals surface area contributed by atoms with E-state index in [1.165, 1.54) is 28.7 Å². The normalized spacial score (nSPS) is 19.3. The van der Waals surface area contributed by atoms with E-state index in [9.17, 15) is 18.5 Å². The molecule has 1 aliphatic rings. The first-order valence-electron chi connectivity index (χ1n) is 10.7. The lowest BCUT2D eigenvalue weighted by atomic mass is 10.1. The van der Waals surface area contributed by atoms with E-state index in [0.717, 1.165) is 11.6 Å². The Labute approximate surface area is 202 Å². The summed E-state index contributed by atoms with van der Waals surface area (Å²) >= 11 is 5.88. The molecule has 176 valence electrons. The van der Waals surface area contributed by atoms with Gasteiger partial charge in [0.25, 0.3) is 5.56 Å². The zero-order valence-electron chi connectivity index (χ0n) is 18.9. The van der Waals surface area contributed by atoms with Gasteiger partial charge >= 0.3 is 0 Å². The van der Waals surface area contributed by atoms with Gasteiger partial charge in [0, 0.05) is 24.3 Å². The molecule has 4 rings (SSSR count). The number of nitriles is 1. The topological polar surface area (TPSA) is 105 Å². The summed E-state index contributed by atoms with van der Waals surface area (Å²) in [4.78, 5) is 19.6. The maximum Gasteiger partial charge on any atom is 0.267 e. The van der Waals surface area contributed by atoms with Crippen LogP contribution < -0.4 is 10.5 Å². The van der Waals surface area contributed by atoms with Crippen LogP contribution in [0.3, 0.4) is 0 Å². The largest absolute Gasteiger partial charge is 0.372 e. The molecule has 34 heavy (non-hydrogen) atoms. The van der Waals surface area contributed by atoms with E-state index in [1.54, 1.807) is 18.3 Å². The Morgan fingerprint density at radius 1 is 1.21 bits per heavy atom. The number of allylic oxidation sites excluding steroid dienone is 1. The lowest BCUT2D eigenvalue weighted by Crippen LogP contribution is -2.46. The number of sulfone groups is 1. The van der Waals surface area contributed by atoms with Gasteiger partial charge in [0.15, 0.2) is 0 Å². The summed E-state index contributed by atoms with van der Waals surface area (Å²) in [5.41, 5.74) is 0.818. The van der Waals surface area contributed by atoms with Gasteiger partial charge in [0.2, 0.25) is 9.84 Å². The maximum absolute atomic E-state index is 13.6. The third kappa shape index (κ3) is 4.44. The number of halogens is 1. The van der Waals surface area contributed by atoms with Crippen molar-refractivity contribution < 1.29 is 13.2 Å². The maximum atomic E-state index is 13.6. The van der Waals surface area contributed by atoms with Crippen molar-refractivity contribution in [1.82, 2.24) is 9.38 Å². The third-order valence-corrected chi connectivity index (χ3v) is 7.52. The number of rotatable bonds is 4. The van der Waals surface area contributed by atoms with Crippen LogP contribution >= 0.6 is 11.6 Å². The zero-order chi connectivity index (χ0) is 24.6. The number of fused-ring (bicyclic) bond motifs is 1. The number of aryl methyl sites for hydroxylation is 1. The molecule has 2 atom stereocenters. The van der Waals surface area contributed by atoms with Gasteiger partial charge in [-0.15, -0.1) is 0 Å². The van der Waals surface area contributed by atoms with Crippen molar-refractivity contribution in [2.75, 3.05) is 18.0 Å². The lowest BCUT2D eigenvalue weighted by Gasteiger charge is -2.36. The molecule has 0 N–H and O–H groups in total. The lowest BCUT2D eigenvalue weighted by molar-refractivity contribution is -0.00546. The predicted octanol–water partition coefficient (Wildman–Crippen LogP) is 3.61. The Hall–Kier alpha value is -3.19. The summed E-state index contributed by atoms with van der Waals surface area (Å²) < 4.78 is 33.6. The molecule has 1 saturated heterocycles. The molecule has 10 heteroatoms. The first-order chi connectivity index (χ1) is 16.1. The van der Waals surface area contributed by atoms with Crippen LogP contribution in [0.1, 0.15) is 25.0 Å². The molecular weight excluding hydrogens is 476 g/mol. The van der Waals surface area contributed by atoms with Gasteiger partial charge in [-0.25, -0.2) is 13.4 Å². The van der Waals surface area contributed by atoms with Crippen molar-refractivity contribution in [1.29, 1.82) is 5.26 Å². The fourth-order valence-corrected chi connectivity index (χ4v) is 5.33. The molecule has 3 aromatic rings. The summed E-state index contributed by atoms with van der Waals surface area (Å²) in [6.07, 6.45) is 2.45. The second-order valence-corrected chi connectivity index (χ2v) is 10.6. The second kappa shape index (κ2) is 9.22. The summed E-state index contributed by atoms with van der Waals surface area (Å²) in [6, 6.07) is 10.8. The van der Waals surface area contributed by atoms with Gasteiger partial charge in [-0.1, -0.05) is 17.7 Å². The van der Waals surface area contributed by atoms with Gasteiger partial charge in [-0.05, 0) is 62.7 Å². The van der Waals surface area contributed by atoms with E-state index in [2.05, 4.69) is 0 Å². The Kier molecular flexibility index (Phi) is 6.49. The highest BCUT2D eigenvalue weighted by Crippen LogP contribution is 2.27. The van der Waals surface area contributed by atoms with Crippen molar-refractivity contribution in [2.45, 2.75) is 37.9 Å². The van der Waals surface area contributed by atoms with E-state index in [-0.39, 0.29) is 22.7 Å². The quantitative estimate of drug-likeness (QED) is 0.506. The Bertz CT molecular complexity index is 1480. The van der Waals surface area contributed by atoms with Crippen LogP contribution in [0, 0.1) is 18.3 Å². The van der Waals surface area contributed by atoms with E-state index < -0.39 is 20.3 Å². The molecule has 0 bridgehead atoms. The molecule has 0 saturated carbocycles. The van der Waals surface area contributed by atoms with Crippen molar-refractivity contribution >= 4 is 39.0 Å². The van der Waals surface area contributed by atoms with Crippen molar-refractivity contribution in [3.63, 3.8) is 0 Å². The standard InChI is InChI=1S/C24H23ClN4O4S/c1-15-5-4-10-29-22(15)27-23(28-13-16(2)33-17(3)14-28)21(24(29)30)11-20(12-26)34(31,32)19-8-6-18(25)7-9-19/h4-11,16-17H,13-14H2,1-3H3/b20-11+/t16-,17+. The molecule has 0 unspecified atom stereocenters. The minimum absolute atomic E-state index is 0.0264. The molecule has 0 aliphatic carbocycles. The molecular formula is C24H23ClN4O4S. The monoisotopic (exact) mass is 498 g/mol. The number of hydrogen-bond donors (Lipinski definition) is 0. The van der Waals surface area contributed by atoms with Gasteiger partial charge in [0.1, 0.15) is 22.4 Å². The summed E-state index contributed by atoms with van der Waals surface area (Å²) in [5.74, 6) is 0.320.